The predicted molar refractivity (Wildman–Crippen MR) is 306 cm³/mol. The van der Waals surface area contributed by atoms with Gasteiger partial charge in [0.05, 0.1) is 44.8 Å². The van der Waals surface area contributed by atoms with Crippen molar-refractivity contribution in [2.75, 3.05) is 0 Å². The van der Waals surface area contributed by atoms with Gasteiger partial charge in [0.25, 0.3) is 0 Å². The highest BCUT2D eigenvalue weighted by Crippen LogP contribution is 2.49. The van der Waals surface area contributed by atoms with E-state index in [1.54, 1.807) is 0 Å². The largest absolute Gasteiger partial charge is 0.308 e. The molecule has 0 fully saturated rings. The van der Waals surface area contributed by atoms with Gasteiger partial charge in [-0.15, -0.1) is 0 Å². The molecule has 4 heterocycles. The summed E-state index contributed by atoms with van der Waals surface area (Å²) < 4.78 is 5.21. The van der Waals surface area contributed by atoms with Crippen LogP contribution in [0.2, 0.25) is 0 Å². The Kier molecular flexibility index (Phi) is 11.0. The van der Waals surface area contributed by atoms with Crippen LogP contribution in [0.4, 0.5) is 0 Å². The van der Waals surface area contributed by atoms with Crippen LogP contribution in [0.15, 0.2) is 103 Å². The number of fused-ring (bicyclic) bond motifs is 6. The van der Waals surface area contributed by atoms with Gasteiger partial charge in [-0.3, -0.25) is 4.98 Å². The summed E-state index contributed by atoms with van der Waals surface area (Å²) in [7, 11) is 0. The summed E-state index contributed by atoms with van der Waals surface area (Å²) in [6.45, 7) is 36.9. The van der Waals surface area contributed by atoms with Crippen LogP contribution in [0.3, 0.4) is 0 Å². The molecule has 0 bridgehead atoms. The molecular weight excluding hydrogens is 875 g/mol. The highest BCUT2D eigenvalue weighted by Gasteiger charge is 2.29. The minimum Gasteiger partial charge on any atom is -0.308 e. The van der Waals surface area contributed by atoms with Crippen molar-refractivity contribution >= 4 is 43.6 Å². The van der Waals surface area contributed by atoms with Gasteiger partial charge in [-0.1, -0.05) is 60.7 Å². The SMILES string of the molecule is Cc1c(C)c(C)c2c(c1C)c1c(C)c(C)c(C)c(C)c1n2-c1ccncc1-c1cc(-c2nc(-c3ccccc3)cc(-c3ccccc3)n2)ccc1-n1c2c(C)c(C)c(C)c(C)c2c2c(C)c(C)c(C)c(C)c21. The van der Waals surface area contributed by atoms with E-state index in [1.165, 1.54) is 133 Å². The molecule has 0 atom stereocenters. The molecule has 11 rings (SSSR count). The maximum Gasteiger partial charge on any atom is 0.160 e. The maximum absolute atomic E-state index is 5.41. The molecule has 0 aliphatic carbocycles. The van der Waals surface area contributed by atoms with E-state index < -0.39 is 0 Å². The zero-order chi connectivity index (χ0) is 50.9. The monoisotopic (exact) mass is 940 g/mol. The fourth-order valence-corrected chi connectivity index (χ4v) is 12.2. The van der Waals surface area contributed by atoms with E-state index in [1.807, 2.05) is 6.20 Å². The molecule has 0 spiro atoms. The smallest absolute Gasteiger partial charge is 0.160 e. The lowest BCUT2D eigenvalue weighted by Gasteiger charge is -2.22. The molecule has 4 aromatic heterocycles. The van der Waals surface area contributed by atoms with E-state index in [0.29, 0.717) is 5.82 Å². The average Bonchev–Trinajstić information content (AvgIpc) is 3.96. The summed E-state index contributed by atoms with van der Waals surface area (Å²) >= 11 is 0. The van der Waals surface area contributed by atoms with Gasteiger partial charge >= 0.3 is 0 Å². The molecule has 0 N–H and O–H groups in total. The van der Waals surface area contributed by atoms with Crippen LogP contribution in [-0.2, 0) is 0 Å². The van der Waals surface area contributed by atoms with Gasteiger partial charge < -0.3 is 9.13 Å². The third kappa shape index (κ3) is 6.62. The van der Waals surface area contributed by atoms with Crippen molar-refractivity contribution < 1.29 is 0 Å². The molecule has 5 nitrogen and oxygen atoms in total. The van der Waals surface area contributed by atoms with Gasteiger partial charge in [-0.05, 0) is 230 Å². The van der Waals surface area contributed by atoms with Crippen LogP contribution in [0.5, 0.6) is 0 Å². The second-order valence-corrected chi connectivity index (χ2v) is 20.9. The number of rotatable bonds is 6. The quantitative estimate of drug-likeness (QED) is 0.167. The van der Waals surface area contributed by atoms with Gasteiger partial charge in [0.2, 0.25) is 0 Å². The predicted octanol–water partition coefficient (Wildman–Crippen LogP) is 17.7. The Morgan fingerprint density at radius 2 is 0.653 bits per heavy atom. The van der Waals surface area contributed by atoms with Gasteiger partial charge in [-0.25, -0.2) is 9.97 Å². The summed E-state index contributed by atoms with van der Waals surface area (Å²) in [6, 6.07) is 32.3. The summed E-state index contributed by atoms with van der Waals surface area (Å²) in [5.74, 6) is 0.666. The Labute approximate surface area is 425 Å². The van der Waals surface area contributed by atoms with Crippen molar-refractivity contribution in [3.8, 4) is 56.4 Å². The number of pyridine rings is 1. The molecule has 0 aliphatic rings. The highest BCUT2D eigenvalue weighted by molar-refractivity contribution is 6.17. The Bertz CT molecular complexity index is 3910. The van der Waals surface area contributed by atoms with Gasteiger partial charge in [0.1, 0.15) is 0 Å². The molecule has 0 amide bonds. The Morgan fingerprint density at radius 3 is 1.03 bits per heavy atom. The summed E-state index contributed by atoms with van der Waals surface area (Å²) in [4.78, 5) is 15.9. The van der Waals surface area contributed by atoms with E-state index in [2.05, 4.69) is 217 Å². The lowest BCUT2D eigenvalue weighted by atomic mass is 9.90. The minimum absolute atomic E-state index is 0.666. The van der Waals surface area contributed by atoms with E-state index in [0.717, 1.165) is 50.6 Å². The van der Waals surface area contributed by atoms with Crippen LogP contribution >= 0.6 is 0 Å². The normalized spacial score (nSPS) is 11.9. The van der Waals surface area contributed by atoms with Gasteiger partial charge in [-0.2, -0.15) is 0 Å². The number of nitrogens with zero attached hydrogens (tertiary/aromatic N) is 5. The van der Waals surface area contributed by atoms with Crippen molar-refractivity contribution in [3.63, 3.8) is 0 Å². The van der Waals surface area contributed by atoms with Gasteiger partial charge in [0.15, 0.2) is 5.82 Å². The van der Waals surface area contributed by atoms with Gasteiger partial charge in [0, 0.05) is 61.8 Å². The molecule has 11 aromatic rings. The zero-order valence-corrected chi connectivity index (χ0v) is 45.1. The summed E-state index contributed by atoms with van der Waals surface area (Å²) in [6.07, 6.45) is 4.08. The first-order valence-electron chi connectivity index (χ1n) is 25.5. The lowest BCUT2D eigenvalue weighted by Crippen LogP contribution is -2.06. The molecule has 5 heteroatoms. The van der Waals surface area contributed by atoms with Crippen LogP contribution < -0.4 is 0 Å². The second-order valence-electron chi connectivity index (χ2n) is 20.9. The number of benzene rings is 7. The topological polar surface area (TPSA) is 48.5 Å². The number of aromatic nitrogens is 5. The van der Waals surface area contributed by atoms with E-state index in [9.17, 15) is 0 Å². The van der Waals surface area contributed by atoms with Crippen LogP contribution in [-0.4, -0.2) is 24.1 Å². The first-order valence-corrected chi connectivity index (χ1v) is 25.5. The van der Waals surface area contributed by atoms with Crippen molar-refractivity contribution in [1.29, 1.82) is 0 Å². The van der Waals surface area contributed by atoms with Crippen molar-refractivity contribution in [2.24, 2.45) is 0 Å². The summed E-state index contributed by atoms with van der Waals surface area (Å²) in [5.41, 5.74) is 35.3. The lowest BCUT2D eigenvalue weighted by molar-refractivity contribution is 1.10. The Morgan fingerprint density at radius 1 is 0.306 bits per heavy atom. The first-order chi connectivity index (χ1) is 34.4. The fraction of sp³-hybridized carbons (Fsp3) is 0.239. The van der Waals surface area contributed by atoms with Crippen molar-refractivity contribution in [2.45, 2.75) is 111 Å². The molecule has 0 aliphatic heterocycles. The van der Waals surface area contributed by atoms with E-state index >= 15 is 0 Å². The highest BCUT2D eigenvalue weighted by atomic mass is 15.0. The molecule has 0 saturated carbocycles. The van der Waals surface area contributed by atoms with E-state index in [4.69, 9.17) is 15.0 Å². The zero-order valence-electron chi connectivity index (χ0n) is 45.1. The fourth-order valence-electron chi connectivity index (χ4n) is 12.2. The Balaban J connectivity index is 1.34. The minimum atomic E-state index is 0.666. The average molecular weight is 940 g/mol. The standard InChI is InChI=1S/C67H65N5/c1-34-38(5)46(13)63-59(42(34)9)60-43(10)35(2)39(6)47(14)64(60)71(63)57-28-27-52(67-69-55(50-23-19-17-20-24-50)32-56(70-67)51-25-21-18-22-26-51)31-53(57)54-33-68-30-29-58(54)72-65-48(15)40(7)36(3)44(11)61(65)62-45(12)37(4)41(8)49(16)66(62)72/h17-33H,1-16H3. The second kappa shape index (κ2) is 17.0. The van der Waals surface area contributed by atoms with Crippen LogP contribution in [0.25, 0.3) is 100 Å². The third-order valence-corrected chi connectivity index (χ3v) is 17.7. The molecule has 358 valence electrons. The summed E-state index contributed by atoms with van der Waals surface area (Å²) in [5, 5.41) is 5.33. The first kappa shape index (κ1) is 46.7. The number of hydrogen-bond donors (Lipinski definition) is 0. The Hall–Kier alpha value is -7.63. The van der Waals surface area contributed by atoms with E-state index in [-0.39, 0.29) is 0 Å². The number of hydrogen-bond acceptors (Lipinski definition) is 3. The molecule has 0 radical (unpaired) electrons. The maximum atomic E-state index is 5.41. The van der Waals surface area contributed by atoms with Crippen LogP contribution in [0.1, 0.15) is 89.0 Å². The van der Waals surface area contributed by atoms with Crippen molar-refractivity contribution in [1.82, 2.24) is 24.1 Å². The number of aryl methyl sites for hydroxylation is 8. The molecule has 72 heavy (non-hydrogen) atoms. The molecular formula is C67H65N5. The molecule has 0 unspecified atom stereocenters. The molecule has 7 aromatic carbocycles. The van der Waals surface area contributed by atoms with Crippen molar-refractivity contribution in [3.05, 3.63) is 192 Å². The van der Waals surface area contributed by atoms with Crippen LogP contribution in [0, 0.1) is 111 Å². The molecule has 0 saturated heterocycles. The third-order valence-electron chi connectivity index (χ3n) is 17.7.